The van der Waals surface area contributed by atoms with Crippen LogP contribution in [-0.4, -0.2) is 32.9 Å². The molecule has 3 N–H and O–H groups in total. The molecule has 1 atom stereocenters. The highest BCUT2D eigenvalue weighted by Crippen LogP contribution is 2.32. The van der Waals surface area contributed by atoms with Crippen LogP contribution in [-0.2, 0) is 16.4 Å². The molecular formula is C12H18N2O3S. The maximum absolute atomic E-state index is 10.9. The molecule has 1 aromatic carbocycles. The number of sulfonamides is 1. The monoisotopic (exact) mass is 270 g/mol. The predicted molar refractivity (Wildman–Crippen MR) is 70.0 cm³/mol. The molecular weight excluding hydrogens is 252 g/mol. The third-order valence-corrected chi connectivity index (χ3v) is 3.81. The molecule has 1 aliphatic rings. The van der Waals surface area contributed by atoms with Crippen molar-refractivity contribution in [2.75, 3.05) is 19.3 Å². The Kier molecular flexibility index (Phi) is 3.89. The minimum Gasteiger partial charge on any atom is -0.508 e. The Morgan fingerprint density at radius 3 is 2.89 bits per heavy atom. The van der Waals surface area contributed by atoms with Crippen molar-refractivity contribution in [1.82, 2.24) is 10.0 Å². The molecule has 2 rings (SSSR count). The van der Waals surface area contributed by atoms with Crippen molar-refractivity contribution in [3.63, 3.8) is 0 Å². The van der Waals surface area contributed by atoms with E-state index in [-0.39, 0.29) is 6.04 Å². The molecule has 0 fully saturated rings. The summed E-state index contributed by atoms with van der Waals surface area (Å²) in [7, 11) is -3.11. The molecule has 1 aromatic rings. The molecule has 1 aliphatic carbocycles. The van der Waals surface area contributed by atoms with Crippen molar-refractivity contribution in [1.29, 1.82) is 0 Å². The first kappa shape index (κ1) is 13.3. The zero-order valence-corrected chi connectivity index (χ0v) is 11.1. The summed E-state index contributed by atoms with van der Waals surface area (Å²) in [6, 6.07) is 5.67. The number of phenols is 1. The largest absolute Gasteiger partial charge is 0.508 e. The maximum Gasteiger partial charge on any atom is 0.208 e. The number of hydrogen-bond acceptors (Lipinski definition) is 4. The first-order valence-electron chi connectivity index (χ1n) is 5.95. The van der Waals surface area contributed by atoms with Crippen LogP contribution in [0.1, 0.15) is 23.6 Å². The van der Waals surface area contributed by atoms with Crippen LogP contribution >= 0.6 is 0 Å². The van der Waals surface area contributed by atoms with Crippen molar-refractivity contribution in [3.05, 3.63) is 29.3 Å². The molecule has 0 saturated carbocycles. The maximum atomic E-state index is 10.9. The molecule has 0 radical (unpaired) electrons. The molecule has 0 bridgehead atoms. The lowest BCUT2D eigenvalue weighted by molar-refractivity contribution is 0.474. The van der Waals surface area contributed by atoms with Crippen molar-refractivity contribution in [3.8, 4) is 5.75 Å². The highest BCUT2D eigenvalue weighted by molar-refractivity contribution is 7.88. The summed E-state index contributed by atoms with van der Waals surface area (Å²) in [6.45, 7) is 0.987. The average Bonchev–Trinajstić information content (AvgIpc) is 2.65. The first-order chi connectivity index (χ1) is 8.46. The third-order valence-electron chi connectivity index (χ3n) is 3.08. The fourth-order valence-corrected chi connectivity index (χ4v) is 2.77. The molecule has 100 valence electrons. The van der Waals surface area contributed by atoms with E-state index in [1.54, 1.807) is 12.1 Å². The second-order valence-electron chi connectivity index (χ2n) is 4.60. The Bertz CT molecular complexity index is 528. The van der Waals surface area contributed by atoms with E-state index < -0.39 is 10.0 Å². The summed E-state index contributed by atoms with van der Waals surface area (Å²) in [6.07, 6.45) is 3.08. The standard InChI is InChI=1S/C12H18N2O3S/c1-18(16,17)14-7-6-13-12-5-2-9-8-10(15)3-4-11(9)12/h3-4,8,12-15H,2,5-7H2,1H3. The van der Waals surface area contributed by atoms with E-state index in [1.165, 1.54) is 11.1 Å². The molecule has 0 spiro atoms. The van der Waals surface area contributed by atoms with Crippen LogP contribution in [0.2, 0.25) is 0 Å². The molecule has 18 heavy (non-hydrogen) atoms. The summed E-state index contributed by atoms with van der Waals surface area (Å²) in [5, 5.41) is 12.7. The van der Waals surface area contributed by atoms with Gasteiger partial charge in [0, 0.05) is 19.1 Å². The van der Waals surface area contributed by atoms with Crippen LogP contribution < -0.4 is 10.0 Å². The lowest BCUT2D eigenvalue weighted by Gasteiger charge is -2.14. The van der Waals surface area contributed by atoms with Gasteiger partial charge in [-0.15, -0.1) is 0 Å². The van der Waals surface area contributed by atoms with Gasteiger partial charge in [-0.2, -0.15) is 0 Å². The van der Waals surface area contributed by atoms with E-state index >= 15 is 0 Å². The zero-order valence-electron chi connectivity index (χ0n) is 10.3. The fraction of sp³-hybridized carbons (Fsp3) is 0.500. The van der Waals surface area contributed by atoms with E-state index in [1.807, 2.05) is 6.07 Å². The second kappa shape index (κ2) is 5.26. The molecule has 1 unspecified atom stereocenters. The van der Waals surface area contributed by atoms with Crippen LogP contribution in [0, 0.1) is 0 Å². The van der Waals surface area contributed by atoms with Crippen LogP contribution in [0.25, 0.3) is 0 Å². The predicted octanol–water partition coefficient (Wildman–Crippen LogP) is 0.518. The summed E-state index contributed by atoms with van der Waals surface area (Å²) in [4.78, 5) is 0. The SMILES string of the molecule is CS(=O)(=O)NCCNC1CCc2cc(O)ccc21. The highest BCUT2D eigenvalue weighted by Gasteiger charge is 2.21. The summed E-state index contributed by atoms with van der Waals surface area (Å²) in [5.74, 6) is 0.299. The smallest absolute Gasteiger partial charge is 0.208 e. The van der Waals surface area contributed by atoms with Crippen molar-refractivity contribution < 1.29 is 13.5 Å². The van der Waals surface area contributed by atoms with E-state index in [4.69, 9.17) is 0 Å². The van der Waals surface area contributed by atoms with Crippen molar-refractivity contribution in [2.24, 2.45) is 0 Å². The number of fused-ring (bicyclic) bond motifs is 1. The van der Waals surface area contributed by atoms with E-state index in [9.17, 15) is 13.5 Å². The summed E-state index contributed by atoms with van der Waals surface area (Å²) >= 11 is 0. The van der Waals surface area contributed by atoms with Gasteiger partial charge in [0.1, 0.15) is 5.75 Å². The highest BCUT2D eigenvalue weighted by atomic mass is 32.2. The number of nitrogens with one attached hydrogen (secondary N) is 2. The van der Waals surface area contributed by atoms with Gasteiger partial charge in [0.2, 0.25) is 10.0 Å². The lowest BCUT2D eigenvalue weighted by atomic mass is 10.1. The molecule has 5 nitrogen and oxygen atoms in total. The number of benzene rings is 1. The third kappa shape index (κ3) is 3.44. The fourth-order valence-electron chi connectivity index (χ4n) is 2.30. The number of rotatable bonds is 5. The van der Waals surface area contributed by atoms with Crippen molar-refractivity contribution >= 4 is 10.0 Å². The van der Waals surface area contributed by atoms with E-state index in [0.717, 1.165) is 19.1 Å². The lowest BCUT2D eigenvalue weighted by Crippen LogP contribution is -2.32. The Hall–Kier alpha value is -1.11. The molecule has 0 amide bonds. The minimum atomic E-state index is -3.11. The van der Waals surface area contributed by atoms with Gasteiger partial charge in [-0.3, -0.25) is 0 Å². The molecule has 6 heteroatoms. The van der Waals surface area contributed by atoms with Crippen molar-refractivity contribution in [2.45, 2.75) is 18.9 Å². The van der Waals surface area contributed by atoms with E-state index in [2.05, 4.69) is 10.0 Å². The van der Waals surface area contributed by atoms with Crippen LogP contribution in [0.3, 0.4) is 0 Å². The topological polar surface area (TPSA) is 78.4 Å². The normalized spacial score (nSPS) is 18.8. The van der Waals surface area contributed by atoms with Gasteiger partial charge in [0.15, 0.2) is 0 Å². The summed E-state index contributed by atoms with van der Waals surface area (Å²) in [5.41, 5.74) is 2.37. The van der Waals surface area contributed by atoms with Crippen LogP contribution in [0.4, 0.5) is 0 Å². The number of aromatic hydroxyl groups is 1. The minimum absolute atomic E-state index is 0.252. The van der Waals surface area contributed by atoms with Gasteiger partial charge in [-0.1, -0.05) is 6.07 Å². The van der Waals surface area contributed by atoms with Gasteiger partial charge in [0.25, 0.3) is 0 Å². The molecule has 0 saturated heterocycles. The molecule has 0 aliphatic heterocycles. The Morgan fingerprint density at radius 1 is 1.39 bits per heavy atom. The van der Waals surface area contributed by atoms with Gasteiger partial charge in [-0.25, -0.2) is 13.1 Å². The number of hydrogen-bond donors (Lipinski definition) is 3. The van der Waals surface area contributed by atoms with Gasteiger partial charge in [-0.05, 0) is 36.1 Å². The second-order valence-corrected chi connectivity index (χ2v) is 6.43. The Balaban J connectivity index is 1.87. The van der Waals surface area contributed by atoms with Gasteiger partial charge >= 0.3 is 0 Å². The average molecular weight is 270 g/mol. The molecule has 0 aromatic heterocycles. The van der Waals surface area contributed by atoms with Gasteiger partial charge in [0.05, 0.1) is 6.26 Å². The summed E-state index contributed by atoms with van der Waals surface area (Å²) < 4.78 is 24.2. The number of phenolic OH excluding ortho intramolecular Hbond substituents is 1. The first-order valence-corrected chi connectivity index (χ1v) is 7.85. The van der Waals surface area contributed by atoms with Crippen LogP contribution in [0.5, 0.6) is 5.75 Å². The Labute approximate surface area is 107 Å². The zero-order chi connectivity index (χ0) is 13.2. The van der Waals surface area contributed by atoms with Crippen LogP contribution in [0.15, 0.2) is 18.2 Å². The molecule has 0 heterocycles. The van der Waals surface area contributed by atoms with Gasteiger partial charge < -0.3 is 10.4 Å². The Morgan fingerprint density at radius 2 is 2.17 bits per heavy atom. The quantitative estimate of drug-likeness (QED) is 0.682. The number of aryl methyl sites for hydroxylation is 1. The van der Waals surface area contributed by atoms with E-state index in [0.29, 0.717) is 18.8 Å².